The summed E-state index contributed by atoms with van der Waals surface area (Å²) in [4.78, 5) is 27.1. The van der Waals surface area contributed by atoms with Gasteiger partial charge in [0.1, 0.15) is 5.69 Å². The highest BCUT2D eigenvalue weighted by molar-refractivity contribution is 6.21. The monoisotopic (exact) mass is 330 g/mol. The highest BCUT2D eigenvalue weighted by Crippen LogP contribution is 2.29. The fourth-order valence-electron chi connectivity index (χ4n) is 3.36. The number of imide groups is 1. The summed E-state index contributed by atoms with van der Waals surface area (Å²) in [6.07, 6.45) is 1.90. The number of hydrogen-bond acceptors (Lipinski definition) is 2. The maximum absolute atomic E-state index is 12.9. The molecule has 0 unspecified atom stereocenters. The number of fused-ring (bicyclic) bond motifs is 1. The summed E-state index contributed by atoms with van der Waals surface area (Å²) < 4.78 is 1.89. The molecule has 0 radical (unpaired) electrons. The minimum Gasteiger partial charge on any atom is -0.338 e. The van der Waals surface area contributed by atoms with Gasteiger partial charge in [-0.2, -0.15) is 0 Å². The largest absolute Gasteiger partial charge is 0.338 e. The van der Waals surface area contributed by atoms with Gasteiger partial charge in [-0.05, 0) is 23.6 Å². The molecule has 0 N–H and O–H groups in total. The molecule has 2 aromatic carbocycles. The van der Waals surface area contributed by atoms with Crippen LogP contribution in [0.1, 0.15) is 37.5 Å². The lowest BCUT2D eigenvalue weighted by Crippen LogP contribution is -2.30. The smallest absolute Gasteiger partial charge is 0.278 e. The molecule has 0 saturated heterocycles. The van der Waals surface area contributed by atoms with Gasteiger partial charge in [0.15, 0.2) is 0 Å². The van der Waals surface area contributed by atoms with E-state index in [4.69, 9.17) is 0 Å². The minimum atomic E-state index is -0.215. The van der Waals surface area contributed by atoms with E-state index in [0.717, 1.165) is 16.7 Å². The summed E-state index contributed by atoms with van der Waals surface area (Å²) in [6.45, 7) is 2.77. The number of rotatable bonds is 4. The Morgan fingerprint density at radius 3 is 1.92 bits per heavy atom. The molecule has 124 valence electrons. The SMILES string of the molecule is Cc1cn(Cc2ccccc2)c2c1C(=O)N(Cc1ccccc1)C2=O. The lowest BCUT2D eigenvalue weighted by Gasteiger charge is -2.15. The van der Waals surface area contributed by atoms with Crippen LogP contribution in [0.2, 0.25) is 0 Å². The summed E-state index contributed by atoms with van der Waals surface area (Å²) >= 11 is 0. The zero-order valence-electron chi connectivity index (χ0n) is 14.0. The topological polar surface area (TPSA) is 42.3 Å². The lowest BCUT2D eigenvalue weighted by atomic mass is 10.2. The number of aryl methyl sites for hydroxylation is 1. The van der Waals surface area contributed by atoms with Crippen LogP contribution in [-0.2, 0) is 13.1 Å². The molecule has 4 rings (SSSR count). The van der Waals surface area contributed by atoms with Crippen LogP contribution in [0.25, 0.3) is 0 Å². The van der Waals surface area contributed by atoms with Crippen molar-refractivity contribution in [3.05, 3.63) is 94.8 Å². The molecule has 2 amide bonds. The van der Waals surface area contributed by atoms with E-state index in [1.165, 1.54) is 4.90 Å². The van der Waals surface area contributed by atoms with Crippen molar-refractivity contribution in [3.8, 4) is 0 Å². The van der Waals surface area contributed by atoms with Crippen molar-refractivity contribution >= 4 is 11.8 Å². The van der Waals surface area contributed by atoms with Crippen molar-refractivity contribution in [1.29, 1.82) is 0 Å². The minimum absolute atomic E-state index is 0.201. The van der Waals surface area contributed by atoms with Crippen LogP contribution in [-0.4, -0.2) is 21.3 Å². The van der Waals surface area contributed by atoms with Crippen molar-refractivity contribution in [2.75, 3.05) is 0 Å². The highest BCUT2D eigenvalue weighted by atomic mass is 16.2. The van der Waals surface area contributed by atoms with E-state index in [1.807, 2.05) is 78.4 Å². The molecule has 1 aromatic heterocycles. The zero-order chi connectivity index (χ0) is 17.4. The Hall–Kier alpha value is -3.14. The van der Waals surface area contributed by atoms with E-state index in [0.29, 0.717) is 24.3 Å². The molecule has 0 bridgehead atoms. The molecule has 3 aromatic rings. The summed E-state index contributed by atoms with van der Waals surface area (Å²) in [5, 5.41) is 0. The summed E-state index contributed by atoms with van der Waals surface area (Å²) in [7, 11) is 0. The Morgan fingerprint density at radius 1 is 0.760 bits per heavy atom. The first-order chi connectivity index (χ1) is 12.1. The molecule has 0 atom stereocenters. The molecule has 4 heteroatoms. The van der Waals surface area contributed by atoms with Crippen molar-refractivity contribution in [3.63, 3.8) is 0 Å². The third-order valence-corrected chi connectivity index (χ3v) is 4.55. The van der Waals surface area contributed by atoms with Crippen LogP contribution in [0, 0.1) is 6.92 Å². The first-order valence-electron chi connectivity index (χ1n) is 8.29. The van der Waals surface area contributed by atoms with Gasteiger partial charge < -0.3 is 4.57 Å². The van der Waals surface area contributed by atoms with Crippen LogP contribution in [0.4, 0.5) is 0 Å². The summed E-state index contributed by atoms with van der Waals surface area (Å²) in [5.74, 6) is -0.416. The molecule has 0 saturated carbocycles. The van der Waals surface area contributed by atoms with E-state index >= 15 is 0 Å². The molecule has 2 heterocycles. The number of hydrogen-bond donors (Lipinski definition) is 0. The first kappa shape index (κ1) is 15.4. The van der Waals surface area contributed by atoms with Crippen molar-refractivity contribution in [1.82, 2.24) is 9.47 Å². The van der Waals surface area contributed by atoms with Crippen LogP contribution in [0.5, 0.6) is 0 Å². The number of nitrogens with zero attached hydrogens (tertiary/aromatic N) is 2. The van der Waals surface area contributed by atoms with E-state index < -0.39 is 0 Å². The maximum atomic E-state index is 12.9. The van der Waals surface area contributed by atoms with Gasteiger partial charge in [0.25, 0.3) is 11.8 Å². The number of aromatic nitrogens is 1. The Balaban J connectivity index is 1.68. The van der Waals surface area contributed by atoms with Gasteiger partial charge in [-0.1, -0.05) is 60.7 Å². The van der Waals surface area contributed by atoms with Gasteiger partial charge >= 0.3 is 0 Å². The van der Waals surface area contributed by atoms with Crippen LogP contribution < -0.4 is 0 Å². The molecular formula is C21H18N2O2. The Kier molecular flexibility index (Phi) is 3.73. The third kappa shape index (κ3) is 2.66. The number of amides is 2. The van der Waals surface area contributed by atoms with Gasteiger partial charge in [-0.3, -0.25) is 14.5 Å². The average molecular weight is 330 g/mol. The Bertz CT molecular complexity index is 943. The molecule has 0 spiro atoms. The standard InChI is InChI=1S/C21H18N2O2/c1-15-12-22(13-16-8-4-2-5-9-16)19-18(15)20(24)23(21(19)25)14-17-10-6-3-7-11-17/h2-12H,13-14H2,1H3. The third-order valence-electron chi connectivity index (χ3n) is 4.55. The van der Waals surface area contributed by atoms with Crippen molar-refractivity contribution in [2.45, 2.75) is 20.0 Å². The van der Waals surface area contributed by atoms with E-state index in [2.05, 4.69) is 0 Å². The Labute approximate surface area is 146 Å². The second kappa shape index (κ2) is 6.06. The fourth-order valence-corrected chi connectivity index (χ4v) is 3.36. The van der Waals surface area contributed by atoms with Crippen molar-refractivity contribution in [2.24, 2.45) is 0 Å². The Morgan fingerprint density at radius 2 is 1.32 bits per heavy atom. The van der Waals surface area contributed by atoms with Gasteiger partial charge in [0.05, 0.1) is 12.1 Å². The normalized spacial score (nSPS) is 13.4. The molecule has 4 nitrogen and oxygen atoms in total. The second-order valence-corrected chi connectivity index (χ2v) is 6.33. The molecule has 1 aliphatic heterocycles. The predicted octanol–water partition coefficient (Wildman–Crippen LogP) is 3.64. The second-order valence-electron chi connectivity index (χ2n) is 6.33. The molecule has 25 heavy (non-hydrogen) atoms. The van der Waals surface area contributed by atoms with E-state index in [-0.39, 0.29) is 11.8 Å². The predicted molar refractivity (Wildman–Crippen MR) is 95.4 cm³/mol. The van der Waals surface area contributed by atoms with Gasteiger partial charge in [0, 0.05) is 12.7 Å². The van der Waals surface area contributed by atoms with Crippen LogP contribution in [0.3, 0.4) is 0 Å². The van der Waals surface area contributed by atoms with Crippen molar-refractivity contribution < 1.29 is 9.59 Å². The first-order valence-corrected chi connectivity index (χ1v) is 8.29. The highest BCUT2D eigenvalue weighted by Gasteiger charge is 2.40. The number of benzene rings is 2. The van der Waals surface area contributed by atoms with Gasteiger partial charge in [-0.15, -0.1) is 0 Å². The van der Waals surface area contributed by atoms with Gasteiger partial charge in [-0.25, -0.2) is 0 Å². The number of carbonyl (C=O) groups excluding carboxylic acids is 2. The molecule has 0 aliphatic carbocycles. The summed E-state index contributed by atoms with van der Waals surface area (Å²) in [5.41, 5.74) is 3.93. The fraction of sp³-hybridized carbons (Fsp3) is 0.143. The average Bonchev–Trinajstić information content (AvgIpc) is 3.08. The zero-order valence-corrected chi connectivity index (χ0v) is 14.0. The lowest BCUT2D eigenvalue weighted by molar-refractivity contribution is 0.0637. The summed E-state index contributed by atoms with van der Waals surface area (Å²) in [6, 6.07) is 19.5. The maximum Gasteiger partial charge on any atom is 0.278 e. The van der Waals surface area contributed by atoms with E-state index in [1.54, 1.807) is 0 Å². The quantitative estimate of drug-likeness (QED) is 0.685. The molecule has 0 fully saturated rings. The van der Waals surface area contributed by atoms with Crippen LogP contribution >= 0.6 is 0 Å². The molecule has 1 aliphatic rings. The number of carbonyl (C=O) groups is 2. The van der Waals surface area contributed by atoms with Crippen LogP contribution in [0.15, 0.2) is 66.9 Å². The molecular weight excluding hydrogens is 312 g/mol. The van der Waals surface area contributed by atoms with Gasteiger partial charge in [0.2, 0.25) is 0 Å². The van der Waals surface area contributed by atoms with E-state index in [9.17, 15) is 9.59 Å².